The fourth-order valence-electron chi connectivity index (χ4n) is 3.01. The average molecular weight is 354 g/mol. The third-order valence-electron chi connectivity index (χ3n) is 4.35. The summed E-state index contributed by atoms with van der Waals surface area (Å²) in [7, 11) is 1.61. The van der Waals surface area contributed by atoms with Gasteiger partial charge in [0.05, 0.1) is 6.54 Å². The van der Waals surface area contributed by atoms with E-state index in [1.54, 1.807) is 25.2 Å². The van der Waals surface area contributed by atoms with Gasteiger partial charge in [0.25, 0.3) is 0 Å². The van der Waals surface area contributed by atoms with Crippen LogP contribution in [-0.2, 0) is 16.0 Å². The molecular weight excluding hydrogens is 328 g/mol. The first-order valence-corrected chi connectivity index (χ1v) is 8.66. The summed E-state index contributed by atoms with van der Waals surface area (Å²) in [4.78, 5) is 26.0. The minimum absolute atomic E-state index is 0.00758. The molecule has 0 saturated heterocycles. The molecular formula is C21H26N2O3. The molecule has 5 heteroatoms. The minimum atomic E-state index is -0.224. The van der Waals surface area contributed by atoms with Crippen molar-refractivity contribution in [2.45, 2.75) is 33.6 Å². The Morgan fingerprint density at radius 2 is 1.69 bits per heavy atom. The van der Waals surface area contributed by atoms with Crippen LogP contribution in [-0.4, -0.2) is 35.4 Å². The van der Waals surface area contributed by atoms with Crippen molar-refractivity contribution in [1.82, 2.24) is 4.90 Å². The molecule has 0 spiro atoms. The predicted octanol–water partition coefficient (Wildman–Crippen LogP) is 3.35. The van der Waals surface area contributed by atoms with Gasteiger partial charge in [-0.15, -0.1) is 0 Å². The first kappa shape index (κ1) is 19.5. The van der Waals surface area contributed by atoms with E-state index in [1.165, 1.54) is 4.90 Å². The molecule has 2 aromatic carbocycles. The number of phenolic OH excluding ortho intramolecular Hbond substituents is 1. The zero-order chi connectivity index (χ0) is 19.3. The molecule has 0 bridgehead atoms. The molecule has 0 heterocycles. The van der Waals surface area contributed by atoms with E-state index in [0.29, 0.717) is 6.42 Å². The molecule has 0 aliphatic heterocycles. The van der Waals surface area contributed by atoms with E-state index in [0.717, 1.165) is 27.9 Å². The van der Waals surface area contributed by atoms with Crippen LogP contribution in [0.25, 0.3) is 0 Å². The van der Waals surface area contributed by atoms with Gasteiger partial charge in [0.15, 0.2) is 0 Å². The van der Waals surface area contributed by atoms with E-state index in [9.17, 15) is 14.7 Å². The fraction of sp³-hybridized carbons (Fsp3) is 0.333. The number of likely N-dealkylation sites (N-methyl/N-ethyl adjacent to an activating group) is 1. The summed E-state index contributed by atoms with van der Waals surface area (Å²) < 4.78 is 0. The van der Waals surface area contributed by atoms with Gasteiger partial charge in [-0.1, -0.05) is 35.9 Å². The SMILES string of the molecule is Cc1cc(C)c(NC(=O)CN(C)C(=O)CCc2ccccc2O)c(C)c1. The van der Waals surface area contributed by atoms with Crippen molar-refractivity contribution in [3.63, 3.8) is 0 Å². The summed E-state index contributed by atoms with van der Waals surface area (Å²) in [6, 6.07) is 11.0. The van der Waals surface area contributed by atoms with Gasteiger partial charge in [0, 0.05) is 19.2 Å². The molecule has 0 radical (unpaired) electrons. The number of carbonyl (C=O) groups excluding carboxylic acids is 2. The highest BCUT2D eigenvalue weighted by Gasteiger charge is 2.15. The highest BCUT2D eigenvalue weighted by atomic mass is 16.3. The predicted molar refractivity (Wildman–Crippen MR) is 103 cm³/mol. The van der Waals surface area contributed by atoms with Crippen LogP contribution in [0.2, 0.25) is 0 Å². The number of rotatable bonds is 6. The van der Waals surface area contributed by atoms with Crippen molar-refractivity contribution in [1.29, 1.82) is 0 Å². The number of hydrogen-bond donors (Lipinski definition) is 2. The van der Waals surface area contributed by atoms with E-state index in [-0.39, 0.29) is 30.5 Å². The molecule has 26 heavy (non-hydrogen) atoms. The van der Waals surface area contributed by atoms with Crippen LogP contribution in [0.15, 0.2) is 36.4 Å². The van der Waals surface area contributed by atoms with Crippen LogP contribution in [0.3, 0.4) is 0 Å². The lowest BCUT2D eigenvalue weighted by Gasteiger charge is -2.18. The maximum Gasteiger partial charge on any atom is 0.243 e. The second-order valence-corrected chi connectivity index (χ2v) is 6.70. The summed E-state index contributed by atoms with van der Waals surface area (Å²) in [5, 5.41) is 12.7. The molecule has 0 fully saturated rings. The number of aromatic hydroxyl groups is 1. The number of anilines is 1. The molecule has 2 amide bonds. The summed E-state index contributed by atoms with van der Waals surface area (Å²) >= 11 is 0. The van der Waals surface area contributed by atoms with Gasteiger partial charge in [0.2, 0.25) is 11.8 Å². The quantitative estimate of drug-likeness (QED) is 0.836. The van der Waals surface area contributed by atoms with Gasteiger partial charge in [0.1, 0.15) is 5.75 Å². The lowest BCUT2D eigenvalue weighted by molar-refractivity contribution is -0.133. The Labute approximate surface area is 154 Å². The lowest BCUT2D eigenvalue weighted by Crippen LogP contribution is -2.35. The van der Waals surface area contributed by atoms with Crippen molar-refractivity contribution in [3.8, 4) is 5.75 Å². The highest BCUT2D eigenvalue weighted by Crippen LogP contribution is 2.22. The van der Waals surface area contributed by atoms with Crippen molar-refractivity contribution in [2.75, 3.05) is 18.9 Å². The van der Waals surface area contributed by atoms with Gasteiger partial charge in [-0.25, -0.2) is 0 Å². The summed E-state index contributed by atoms with van der Waals surface area (Å²) in [6.45, 7) is 5.92. The number of hydrogen-bond acceptors (Lipinski definition) is 3. The van der Waals surface area contributed by atoms with Crippen LogP contribution in [0, 0.1) is 20.8 Å². The second kappa shape index (κ2) is 8.52. The van der Waals surface area contributed by atoms with E-state index < -0.39 is 0 Å². The van der Waals surface area contributed by atoms with E-state index in [1.807, 2.05) is 39.0 Å². The van der Waals surface area contributed by atoms with E-state index in [4.69, 9.17) is 0 Å². The molecule has 5 nitrogen and oxygen atoms in total. The first-order valence-electron chi connectivity index (χ1n) is 8.66. The highest BCUT2D eigenvalue weighted by molar-refractivity contribution is 5.95. The van der Waals surface area contributed by atoms with Gasteiger partial charge in [-0.05, 0) is 49.9 Å². The number of aryl methyl sites for hydroxylation is 4. The standard InChI is InChI=1S/C21H26N2O3/c1-14-11-15(2)21(16(3)12-14)22-19(25)13-23(4)20(26)10-9-17-7-5-6-8-18(17)24/h5-8,11-12,24H,9-10,13H2,1-4H3,(H,22,25). The van der Waals surface area contributed by atoms with Crippen LogP contribution in [0.4, 0.5) is 5.69 Å². The third kappa shape index (κ3) is 5.09. The smallest absolute Gasteiger partial charge is 0.243 e. The van der Waals surface area contributed by atoms with Crippen molar-refractivity contribution in [3.05, 3.63) is 58.7 Å². The summed E-state index contributed by atoms with van der Waals surface area (Å²) in [5.41, 5.74) is 4.68. The number of amides is 2. The Balaban J connectivity index is 1.90. The molecule has 0 aromatic heterocycles. The second-order valence-electron chi connectivity index (χ2n) is 6.70. The maximum absolute atomic E-state index is 12.3. The Bertz CT molecular complexity index is 792. The molecule has 2 rings (SSSR count). The average Bonchev–Trinajstić information content (AvgIpc) is 2.57. The van der Waals surface area contributed by atoms with Crippen molar-refractivity contribution < 1.29 is 14.7 Å². The topological polar surface area (TPSA) is 69.6 Å². The molecule has 2 N–H and O–H groups in total. The van der Waals surface area contributed by atoms with E-state index >= 15 is 0 Å². The largest absolute Gasteiger partial charge is 0.508 e. The summed E-state index contributed by atoms with van der Waals surface area (Å²) in [6.07, 6.45) is 0.678. The molecule has 0 unspecified atom stereocenters. The van der Waals surface area contributed by atoms with Crippen LogP contribution >= 0.6 is 0 Å². The number of para-hydroxylation sites is 1. The Hall–Kier alpha value is -2.82. The molecule has 0 atom stereocenters. The molecule has 138 valence electrons. The van der Waals surface area contributed by atoms with Gasteiger partial charge < -0.3 is 15.3 Å². The van der Waals surface area contributed by atoms with Crippen molar-refractivity contribution in [2.24, 2.45) is 0 Å². The fourth-order valence-corrected chi connectivity index (χ4v) is 3.01. The number of nitrogens with one attached hydrogen (secondary N) is 1. The Kier molecular flexibility index (Phi) is 6.39. The first-order chi connectivity index (χ1) is 12.3. The monoisotopic (exact) mass is 354 g/mol. The Morgan fingerprint density at radius 1 is 1.08 bits per heavy atom. The lowest BCUT2D eigenvalue weighted by atomic mass is 10.1. The summed E-state index contributed by atoms with van der Waals surface area (Å²) in [5.74, 6) is -0.176. The molecule has 0 aliphatic carbocycles. The maximum atomic E-state index is 12.3. The Morgan fingerprint density at radius 3 is 2.31 bits per heavy atom. The normalized spacial score (nSPS) is 10.5. The molecule has 0 saturated carbocycles. The molecule has 0 aliphatic rings. The zero-order valence-electron chi connectivity index (χ0n) is 15.8. The third-order valence-corrected chi connectivity index (χ3v) is 4.35. The number of benzene rings is 2. The zero-order valence-corrected chi connectivity index (χ0v) is 15.8. The minimum Gasteiger partial charge on any atom is -0.508 e. The van der Waals surface area contributed by atoms with Gasteiger partial charge >= 0.3 is 0 Å². The van der Waals surface area contributed by atoms with Crippen LogP contribution < -0.4 is 5.32 Å². The van der Waals surface area contributed by atoms with Crippen LogP contribution in [0.5, 0.6) is 5.75 Å². The number of nitrogens with zero attached hydrogens (tertiary/aromatic N) is 1. The number of phenols is 1. The van der Waals surface area contributed by atoms with Crippen molar-refractivity contribution >= 4 is 17.5 Å². The van der Waals surface area contributed by atoms with Gasteiger partial charge in [-0.2, -0.15) is 0 Å². The molecule has 2 aromatic rings. The van der Waals surface area contributed by atoms with E-state index in [2.05, 4.69) is 5.32 Å². The van der Waals surface area contributed by atoms with Gasteiger partial charge in [-0.3, -0.25) is 9.59 Å². The number of carbonyl (C=O) groups is 2. The van der Waals surface area contributed by atoms with Crippen LogP contribution in [0.1, 0.15) is 28.7 Å².